The molecule has 1 aromatic carbocycles. The Morgan fingerprint density at radius 3 is 2.79 bits per heavy atom. The van der Waals surface area contributed by atoms with E-state index in [-0.39, 0.29) is 5.91 Å². The first kappa shape index (κ1) is 14.8. The van der Waals surface area contributed by atoms with Gasteiger partial charge < -0.3 is 15.8 Å². The monoisotopic (exact) mass is 262 g/mol. The van der Waals surface area contributed by atoms with Crippen LogP contribution in [0.2, 0.25) is 0 Å². The van der Waals surface area contributed by atoms with Gasteiger partial charge in [0.2, 0.25) is 5.91 Å². The van der Waals surface area contributed by atoms with Crippen LogP contribution in [0.4, 0.5) is 5.69 Å². The van der Waals surface area contributed by atoms with Crippen molar-refractivity contribution in [3.8, 4) is 0 Å². The lowest BCUT2D eigenvalue weighted by atomic mass is 10.1. The van der Waals surface area contributed by atoms with Crippen molar-refractivity contribution in [2.24, 2.45) is 0 Å². The molecule has 0 bridgehead atoms. The summed E-state index contributed by atoms with van der Waals surface area (Å²) in [4.78, 5) is 22.1. The second kappa shape index (κ2) is 7.20. The highest BCUT2D eigenvalue weighted by Gasteiger charge is 2.10. The second-order valence-electron chi connectivity index (χ2n) is 3.97. The Balaban J connectivity index is 2.71. The van der Waals surface area contributed by atoms with E-state index >= 15 is 0 Å². The van der Waals surface area contributed by atoms with Crippen LogP contribution in [0.1, 0.15) is 29.3 Å². The fourth-order valence-corrected chi connectivity index (χ4v) is 1.56. The van der Waals surface area contributed by atoms with Crippen molar-refractivity contribution in [3.63, 3.8) is 0 Å². The van der Waals surface area contributed by atoms with Crippen LogP contribution in [0, 0.1) is 0 Å². The number of benzene rings is 1. The van der Waals surface area contributed by atoms with Crippen LogP contribution in [0.25, 0.3) is 6.08 Å². The molecule has 0 aliphatic heterocycles. The first-order valence-electron chi connectivity index (χ1n) is 5.94. The molecule has 0 spiro atoms. The van der Waals surface area contributed by atoms with Crippen molar-refractivity contribution in [3.05, 3.63) is 35.4 Å². The van der Waals surface area contributed by atoms with E-state index in [0.717, 1.165) is 5.56 Å². The summed E-state index contributed by atoms with van der Waals surface area (Å²) in [6, 6.07) is 5.18. The summed E-state index contributed by atoms with van der Waals surface area (Å²) in [7, 11) is 1.32. The maximum absolute atomic E-state index is 11.5. The zero-order valence-corrected chi connectivity index (χ0v) is 11.1. The van der Waals surface area contributed by atoms with Crippen LogP contribution >= 0.6 is 0 Å². The number of anilines is 1. The molecule has 0 saturated carbocycles. The van der Waals surface area contributed by atoms with Gasteiger partial charge in [-0.25, -0.2) is 4.79 Å². The molecular weight excluding hydrogens is 244 g/mol. The molecule has 3 N–H and O–H groups in total. The van der Waals surface area contributed by atoms with Gasteiger partial charge in [0, 0.05) is 13.5 Å². The van der Waals surface area contributed by atoms with Gasteiger partial charge in [-0.1, -0.05) is 24.3 Å². The van der Waals surface area contributed by atoms with E-state index in [9.17, 15) is 9.59 Å². The molecule has 5 heteroatoms. The number of rotatable bonds is 5. The molecule has 19 heavy (non-hydrogen) atoms. The largest absolute Gasteiger partial charge is 0.465 e. The first-order valence-corrected chi connectivity index (χ1v) is 5.94. The number of nitrogens with one attached hydrogen (secondary N) is 1. The number of hydrogen-bond acceptors (Lipinski definition) is 4. The fourth-order valence-electron chi connectivity index (χ4n) is 1.56. The van der Waals surface area contributed by atoms with Gasteiger partial charge in [0.25, 0.3) is 0 Å². The highest BCUT2D eigenvalue weighted by atomic mass is 16.5. The van der Waals surface area contributed by atoms with E-state index in [0.29, 0.717) is 24.2 Å². The molecule has 102 valence electrons. The number of ether oxygens (including phenoxy) is 1. The van der Waals surface area contributed by atoms with Crippen molar-refractivity contribution < 1.29 is 14.3 Å². The smallest absolute Gasteiger partial charge is 0.339 e. The number of nitrogen functional groups attached to an aromatic ring is 1. The van der Waals surface area contributed by atoms with Gasteiger partial charge >= 0.3 is 5.97 Å². The minimum absolute atomic E-state index is 0.0550. The van der Waals surface area contributed by atoms with Crippen molar-refractivity contribution in [1.82, 2.24) is 5.32 Å². The Morgan fingerprint density at radius 2 is 2.16 bits per heavy atom. The molecule has 5 nitrogen and oxygen atoms in total. The highest BCUT2D eigenvalue weighted by Crippen LogP contribution is 2.19. The summed E-state index contributed by atoms with van der Waals surface area (Å²) in [5, 5.41) is 2.69. The second-order valence-corrected chi connectivity index (χ2v) is 3.97. The molecular formula is C14H18N2O3. The Labute approximate surface area is 112 Å². The van der Waals surface area contributed by atoms with Gasteiger partial charge in [0.1, 0.15) is 0 Å². The third-order valence-electron chi connectivity index (χ3n) is 2.53. The molecule has 0 aliphatic rings. The molecule has 0 atom stereocenters. The maximum Gasteiger partial charge on any atom is 0.339 e. The summed E-state index contributed by atoms with van der Waals surface area (Å²) in [5.74, 6) is -0.508. The number of methoxy groups -OCH3 is 1. The van der Waals surface area contributed by atoms with Crippen molar-refractivity contribution >= 4 is 23.6 Å². The number of amides is 1. The van der Waals surface area contributed by atoms with Crippen LogP contribution in [0.15, 0.2) is 24.3 Å². The molecule has 0 unspecified atom stereocenters. The lowest BCUT2D eigenvalue weighted by Gasteiger charge is -2.06. The molecule has 1 aromatic rings. The topological polar surface area (TPSA) is 81.4 Å². The standard InChI is InChI=1S/C14H18N2O3/c1-10(17)16-9-4-3-6-11-7-5-8-12(13(11)15)14(18)19-2/h3,5-8H,4,9,15H2,1-2H3,(H,16,17). The average Bonchev–Trinajstić information content (AvgIpc) is 2.39. The molecule has 0 aromatic heterocycles. The minimum Gasteiger partial charge on any atom is -0.465 e. The Hall–Kier alpha value is -2.30. The fraction of sp³-hybridized carbons (Fsp3) is 0.286. The first-order chi connectivity index (χ1) is 9.06. The quantitative estimate of drug-likeness (QED) is 0.479. The molecule has 0 heterocycles. The van der Waals surface area contributed by atoms with Crippen LogP contribution in [0.3, 0.4) is 0 Å². The lowest BCUT2D eigenvalue weighted by Crippen LogP contribution is -2.20. The van der Waals surface area contributed by atoms with E-state index in [4.69, 9.17) is 5.73 Å². The minimum atomic E-state index is -0.453. The van der Waals surface area contributed by atoms with E-state index in [1.165, 1.54) is 14.0 Å². The number of nitrogens with two attached hydrogens (primary N) is 1. The predicted octanol–water partition coefficient (Wildman–Crippen LogP) is 1.59. The van der Waals surface area contributed by atoms with Gasteiger partial charge in [0.15, 0.2) is 0 Å². The Bertz CT molecular complexity index is 495. The number of carbonyl (C=O) groups is 2. The molecule has 0 saturated heterocycles. The van der Waals surface area contributed by atoms with Gasteiger partial charge in [0.05, 0.1) is 18.4 Å². The number of para-hydroxylation sites is 1. The van der Waals surface area contributed by atoms with Crippen molar-refractivity contribution in [2.75, 3.05) is 19.4 Å². The van der Waals surface area contributed by atoms with Crippen LogP contribution in [-0.2, 0) is 9.53 Å². The zero-order valence-electron chi connectivity index (χ0n) is 11.1. The molecule has 1 amide bonds. The molecule has 0 aliphatic carbocycles. The lowest BCUT2D eigenvalue weighted by molar-refractivity contribution is -0.118. The van der Waals surface area contributed by atoms with Crippen molar-refractivity contribution in [2.45, 2.75) is 13.3 Å². The SMILES string of the molecule is COC(=O)c1cccc(C=CCCNC(C)=O)c1N. The van der Waals surface area contributed by atoms with E-state index in [2.05, 4.69) is 10.1 Å². The van der Waals surface area contributed by atoms with E-state index < -0.39 is 5.97 Å². The third kappa shape index (κ3) is 4.46. The molecule has 0 fully saturated rings. The number of esters is 1. The van der Waals surface area contributed by atoms with E-state index in [1.54, 1.807) is 12.1 Å². The van der Waals surface area contributed by atoms with Crippen LogP contribution in [-0.4, -0.2) is 25.5 Å². The third-order valence-corrected chi connectivity index (χ3v) is 2.53. The van der Waals surface area contributed by atoms with E-state index in [1.807, 2.05) is 18.2 Å². The maximum atomic E-state index is 11.5. The summed E-state index contributed by atoms with van der Waals surface area (Å²) in [5.41, 5.74) is 7.40. The summed E-state index contributed by atoms with van der Waals surface area (Å²) in [6.07, 6.45) is 4.41. The summed E-state index contributed by atoms with van der Waals surface area (Å²) < 4.78 is 4.65. The van der Waals surface area contributed by atoms with Gasteiger partial charge in [-0.3, -0.25) is 4.79 Å². The predicted molar refractivity (Wildman–Crippen MR) is 74.5 cm³/mol. The van der Waals surface area contributed by atoms with Gasteiger partial charge in [-0.2, -0.15) is 0 Å². The Morgan fingerprint density at radius 1 is 1.42 bits per heavy atom. The van der Waals surface area contributed by atoms with Gasteiger partial charge in [-0.15, -0.1) is 0 Å². The summed E-state index contributed by atoms with van der Waals surface area (Å²) >= 11 is 0. The highest BCUT2D eigenvalue weighted by molar-refractivity contribution is 5.97. The van der Waals surface area contributed by atoms with Crippen LogP contribution in [0.5, 0.6) is 0 Å². The van der Waals surface area contributed by atoms with Gasteiger partial charge in [-0.05, 0) is 18.1 Å². The summed E-state index contributed by atoms with van der Waals surface area (Å²) in [6.45, 7) is 2.05. The van der Waals surface area contributed by atoms with Crippen molar-refractivity contribution in [1.29, 1.82) is 0 Å². The number of hydrogen-bond donors (Lipinski definition) is 2. The number of carbonyl (C=O) groups excluding carboxylic acids is 2. The zero-order chi connectivity index (χ0) is 14.3. The normalized spacial score (nSPS) is 10.4. The molecule has 1 rings (SSSR count). The average molecular weight is 262 g/mol. The Kier molecular flexibility index (Phi) is 5.60. The molecule has 0 radical (unpaired) electrons. The van der Waals surface area contributed by atoms with Crippen LogP contribution < -0.4 is 11.1 Å².